The van der Waals surface area contributed by atoms with Crippen LogP contribution in [0.15, 0.2) is 5.16 Å². The number of aromatic nitrogens is 5. The number of amides is 1. The summed E-state index contributed by atoms with van der Waals surface area (Å²) in [7, 11) is 0. The summed E-state index contributed by atoms with van der Waals surface area (Å²) in [6, 6.07) is 2.60. The van der Waals surface area contributed by atoms with Gasteiger partial charge in [0.15, 0.2) is 0 Å². The molecule has 1 amide bonds. The largest absolute Gasteiger partial charge is 0.376 e. The first-order valence-corrected chi connectivity index (χ1v) is 10.5. The molecule has 2 fully saturated rings. The monoisotopic (exact) mass is 401 g/mol. The van der Waals surface area contributed by atoms with Gasteiger partial charge in [-0.1, -0.05) is 11.8 Å². The number of carbonyl (C=O) groups excluding carboxylic acids is 1. The fraction of sp³-hybridized carbons (Fsp3) is 0.611. The average Bonchev–Trinajstić information content (AvgIpc) is 3.12. The summed E-state index contributed by atoms with van der Waals surface area (Å²) in [6.07, 6.45) is 4.30. The number of anilines is 1. The third-order valence-electron chi connectivity index (χ3n) is 5.30. The summed E-state index contributed by atoms with van der Waals surface area (Å²) < 4.78 is 9.53. The number of nitrogens with zero attached hydrogens (tertiary/aromatic N) is 6. The molecular weight excluding hydrogens is 378 g/mol. The molecule has 0 aromatic carbocycles. The first-order chi connectivity index (χ1) is 13.6. The maximum atomic E-state index is 12.6. The number of carbonyl (C=O) groups is 1. The molecule has 1 aliphatic heterocycles. The highest BCUT2D eigenvalue weighted by atomic mass is 32.2. The van der Waals surface area contributed by atoms with Crippen LogP contribution in [-0.2, 0) is 16.1 Å². The fourth-order valence-electron chi connectivity index (χ4n) is 3.48. The van der Waals surface area contributed by atoms with Gasteiger partial charge in [0, 0.05) is 12.3 Å². The normalized spacial score (nSPS) is 19.0. The van der Waals surface area contributed by atoms with Crippen LogP contribution in [0.25, 0.3) is 0 Å². The molecule has 3 heterocycles. The van der Waals surface area contributed by atoms with E-state index in [1.165, 1.54) is 11.8 Å². The maximum absolute atomic E-state index is 12.6. The van der Waals surface area contributed by atoms with E-state index < -0.39 is 0 Å². The van der Waals surface area contributed by atoms with E-state index in [2.05, 4.69) is 26.9 Å². The SMILES string of the molecule is Cc1c(C#N)c(NC(=O)CSc2nnnn2C2CC2)n(C[C@H]2CCCO2)c1C. The van der Waals surface area contributed by atoms with E-state index in [1.54, 1.807) is 4.68 Å². The predicted octanol–water partition coefficient (Wildman–Crippen LogP) is 2.21. The first-order valence-electron chi connectivity index (χ1n) is 9.50. The van der Waals surface area contributed by atoms with Gasteiger partial charge in [0.1, 0.15) is 11.9 Å². The molecule has 10 heteroatoms. The highest BCUT2D eigenvalue weighted by Gasteiger charge is 2.28. The van der Waals surface area contributed by atoms with E-state index in [9.17, 15) is 10.1 Å². The van der Waals surface area contributed by atoms with Gasteiger partial charge in [-0.25, -0.2) is 4.68 Å². The molecule has 1 saturated heterocycles. The van der Waals surface area contributed by atoms with Crippen molar-refractivity contribution < 1.29 is 9.53 Å². The molecule has 28 heavy (non-hydrogen) atoms. The summed E-state index contributed by atoms with van der Waals surface area (Å²) >= 11 is 1.31. The summed E-state index contributed by atoms with van der Waals surface area (Å²) in [6.45, 7) is 5.29. The van der Waals surface area contributed by atoms with Crippen LogP contribution >= 0.6 is 11.8 Å². The van der Waals surface area contributed by atoms with Crippen molar-refractivity contribution in [3.8, 4) is 6.07 Å². The van der Waals surface area contributed by atoms with Crippen molar-refractivity contribution >= 4 is 23.5 Å². The molecule has 2 aromatic rings. The van der Waals surface area contributed by atoms with Crippen LogP contribution in [0.1, 0.15) is 48.5 Å². The molecule has 0 spiro atoms. The van der Waals surface area contributed by atoms with Crippen molar-refractivity contribution in [2.75, 3.05) is 17.7 Å². The molecule has 2 aromatic heterocycles. The summed E-state index contributed by atoms with van der Waals surface area (Å²) in [5, 5.41) is 24.9. The lowest BCUT2D eigenvalue weighted by Gasteiger charge is -2.16. The molecule has 0 radical (unpaired) electrons. The van der Waals surface area contributed by atoms with Gasteiger partial charge < -0.3 is 14.6 Å². The number of nitriles is 1. The molecule has 9 nitrogen and oxygen atoms in total. The topological polar surface area (TPSA) is 111 Å². The number of tetrazole rings is 1. The highest BCUT2D eigenvalue weighted by molar-refractivity contribution is 7.99. The fourth-order valence-corrected chi connectivity index (χ4v) is 4.22. The molecule has 2 aliphatic rings. The Morgan fingerprint density at radius 2 is 2.21 bits per heavy atom. The lowest BCUT2D eigenvalue weighted by Crippen LogP contribution is -2.22. The van der Waals surface area contributed by atoms with Crippen molar-refractivity contribution in [2.45, 2.75) is 63.4 Å². The van der Waals surface area contributed by atoms with Gasteiger partial charge in [-0.3, -0.25) is 4.79 Å². The minimum atomic E-state index is -0.182. The van der Waals surface area contributed by atoms with Gasteiger partial charge in [0.25, 0.3) is 0 Å². The van der Waals surface area contributed by atoms with E-state index in [4.69, 9.17) is 4.74 Å². The van der Waals surface area contributed by atoms with E-state index in [0.29, 0.717) is 29.1 Å². The second-order valence-corrected chi connectivity index (χ2v) is 8.21. The lowest BCUT2D eigenvalue weighted by atomic mass is 10.2. The van der Waals surface area contributed by atoms with Crippen LogP contribution in [0.5, 0.6) is 0 Å². The van der Waals surface area contributed by atoms with Crippen molar-refractivity contribution in [1.29, 1.82) is 5.26 Å². The summed E-state index contributed by atoms with van der Waals surface area (Å²) in [5.74, 6) is 0.555. The van der Waals surface area contributed by atoms with Gasteiger partial charge in [0.05, 0.1) is 30.0 Å². The highest BCUT2D eigenvalue weighted by Crippen LogP contribution is 2.36. The van der Waals surface area contributed by atoms with Crippen LogP contribution in [-0.4, -0.2) is 49.1 Å². The van der Waals surface area contributed by atoms with Gasteiger partial charge >= 0.3 is 0 Å². The molecular formula is C18H23N7O2S. The van der Waals surface area contributed by atoms with Crippen LogP contribution < -0.4 is 5.32 Å². The van der Waals surface area contributed by atoms with E-state index >= 15 is 0 Å². The van der Waals surface area contributed by atoms with Crippen molar-refractivity contribution in [1.82, 2.24) is 24.8 Å². The van der Waals surface area contributed by atoms with Gasteiger partial charge in [-0.15, -0.1) is 5.10 Å². The smallest absolute Gasteiger partial charge is 0.235 e. The molecule has 0 bridgehead atoms. The van der Waals surface area contributed by atoms with Crippen molar-refractivity contribution in [2.24, 2.45) is 0 Å². The minimum absolute atomic E-state index is 0.116. The van der Waals surface area contributed by atoms with Crippen LogP contribution in [0.3, 0.4) is 0 Å². The van der Waals surface area contributed by atoms with Crippen LogP contribution in [0.4, 0.5) is 5.82 Å². The second kappa shape index (κ2) is 7.93. The summed E-state index contributed by atoms with van der Waals surface area (Å²) in [4.78, 5) is 12.6. The Hall–Kier alpha value is -2.38. The van der Waals surface area contributed by atoms with E-state index in [1.807, 2.05) is 18.4 Å². The molecule has 1 atom stereocenters. The first kappa shape index (κ1) is 19.0. The number of rotatable bonds is 7. The van der Waals surface area contributed by atoms with E-state index in [0.717, 1.165) is 43.5 Å². The number of ether oxygens (including phenoxy) is 1. The van der Waals surface area contributed by atoms with Crippen LogP contribution in [0.2, 0.25) is 0 Å². The maximum Gasteiger partial charge on any atom is 0.235 e. The van der Waals surface area contributed by atoms with Crippen LogP contribution in [0, 0.1) is 25.2 Å². The van der Waals surface area contributed by atoms with Gasteiger partial charge in [-0.2, -0.15) is 5.26 Å². The number of thioether (sulfide) groups is 1. The van der Waals surface area contributed by atoms with Gasteiger partial charge in [-0.05, 0) is 55.5 Å². The quantitative estimate of drug-likeness (QED) is 0.708. The third-order valence-corrected chi connectivity index (χ3v) is 6.23. The molecule has 4 rings (SSSR count). The lowest BCUT2D eigenvalue weighted by molar-refractivity contribution is -0.113. The second-order valence-electron chi connectivity index (χ2n) is 7.27. The Kier molecular flexibility index (Phi) is 5.37. The average molecular weight is 401 g/mol. The molecule has 0 unspecified atom stereocenters. The minimum Gasteiger partial charge on any atom is -0.376 e. The summed E-state index contributed by atoms with van der Waals surface area (Å²) in [5.41, 5.74) is 2.38. The molecule has 1 aliphatic carbocycles. The Labute approximate surface area is 167 Å². The number of hydrogen-bond donors (Lipinski definition) is 1. The zero-order valence-electron chi connectivity index (χ0n) is 16.0. The molecule has 1 N–H and O–H groups in total. The predicted molar refractivity (Wildman–Crippen MR) is 103 cm³/mol. The van der Waals surface area contributed by atoms with E-state index in [-0.39, 0.29) is 17.8 Å². The molecule has 148 valence electrons. The molecule has 1 saturated carbocycles. The number of hydrogen-bond acceptors (Lipinski definition) is 7. The Morgan fingerprint density at radius 3 is 2.89 bits per heavy atom. The standard InChI is InChI=1S/C18H23N7O2S/c1-11-12(2)24(9-14-4-3-7-27-14)17(15(11)8-19)20-16(26)10-28-18-21-22-23-25(18)13-5-6-13/h13-14H,3-7,9-10H2,1-2H3,(H,20,26)/t14-/m1/s1. The number of nitrogens with one attached hydrogen (secondary N) is 1. The van der Waals surface area contributed by atoms with Gasteiger partial charge in [0.2, 0.25) is 11.1 Å². The Balaban J connectivity index is 1.47. The Morgan fingerprint density at radius 1 is 1.39 bits per heavy atom. The zero-order chi connectivity index (χ0) is 19.7. The van der Waals surface area contributed by atoms with Crippen molar-refractivity contribution in [3.63, 3.8) is 0 Å². The third kappa shape index (κ3) is 3.77. The van der Waals surface area contributed by atoms with Crippen molar-refractivity contribution in [3.05, 3.63) is 16.8 Å². The Bertz CT molecular complexity index is 919. The zero-order valence-corrected chi connectivity index (χ0v) is 16.8.